The number of hydrogen-bond acceptors (Lipinski definition) is 1. The van der Waals surface area contributed by atoms with Crippen molar-refractivity contribution in [3.8, 4) is 0 Å². The highest BCUT2D eigenvalue weighted by atomic mass is 16.1. The van der Waals surface area contributed by atoms with Gasteiger partial charge >= 0.3 is 0 Å². The lowest BCUT2D eigenvalue weighted by Crippen LogP contribution is -2.16. The summed E-state index contributed by atoms with van der Waals surface area (Å²) in [6.07, 6.45) is 0.566. The molecule has 0 fully saturated rings. The molecular weight excluding hydrogens is 138 g/mol. The molecule has 0 amide bonds. The molecule has 55 valence electrons. The standard InChI is InChI=1S/C9H8NO/c11-9-5-6-10-8-4-2-1-3-7(8)9/h1-4H,5-6H2. The van der Waals surface area contributed by atoms with Crippen molar-refractivity contribution in [2.75, 3.05) is 6.54 Å². The molecular formula is C9H8NO. The zero-order chi connectivity index (χ0) is 7.68. The van der Waals surface area contributed by atoms with Crippen molar-refractivity contribution in [1.29, 1.82) is 0 Å². The van der Waals surface area contributed by atoms with Crippen LogP contribution in [0.4, 0.5) is 5.69 Å². The van der Waals surface area contributed by atoms with E-state index in [0.29, 0.717) is 13.0 Å². The third kappa shape index (κ3) is 1.00. The monoisotopic (exact) mass is 146 g/mol. The molecule has 1 aromatic rings. The zero-order valence-corrected chi connectivity index (χ0v) is 6.08. The van der Waals surface area contributed by atoms with Crippen LogP contribution in [0.15, 0.2) is 24.3 Å². The van der Waals surface area contributed by atoms with Crippen LogP contribution in [0.2, 0.25) is 0 Å². The van der Waals surface area contributed by atoms with Gasteiger partial charge < -0.3 is 0 Å². The predicted molar refractivity (Wildman–Crippen MR) is 42.1 cm³/mol. The Morgan fingerprint density at radius 3 is 2.91 bits per heavy atom. The molecule has 0 bridgehead atoms. The van der Waals surface area contributed by atoms with Gasteiger partial charge in [0.2, 0.25) is 0 Å². The minimum atomic E-state index is 0.218. The van der Waals surface area contributed by atoms with Crippen LogP contribution >= 0.6 is 0 Å². The molecule has 1 aliphatic rings. The molecule has 0 aliphatic carbocycles. The van der Waals surface area contributed by atoms with Crippen molar-refractivity contribution in [3.63, 3.8) is 0 Å². The Bertz CT molecular complexity index is 293. The van der Waals surface area contributed by atoms with E-state index in [9.17, 15) is 4.79 Å². The highest BCUT2D eigenvalue weighted by molar-refractivity contribution is 6.01. The molecule has 0 aromatic heterocycles. The van der Waals surface area contributed by atoms with Gasteiger partial charge in [-0.2, -0.15) is 0 Å². The molecule has 2 nitrogen and oxygen atoms in total. The van der Waals surface area contributed by atoms with Gasteiger partial charge in [0.05, 0.1) is 5.69 Å². The summed E-state index contributed by atoms with van der Waals surface area (Å²) in [5.41, 5.74) is 1.63. The summed E-state index contributed by atoms with van der Waals surface area (Å²) in [5.74, 6) is 0.218. The summed E-state index contributed by atoms with van der Waals surface area (Å²) in [5, 5.41) is 4.22. The van der Waals surface area contributed by atoms with Crippen LogP contribution in [0.3, 0.4) is 0 Å². The van der Waals surface area contributed by atoms with E-state index >= 15 is 0 Å². The second kappa shape index (κ2) is 2.38. The largest absolute Gasteiger partial charge is 0.294 e. The fourth-order valence-electron chi connectivity index (χ4n) is 1.26. The van der Waals surface area contributed by atoms with Gasteiger partial charge in [0.1, 0.15) is 0 Å². The summed E-state index contributed by atoms with van der Waals surface area (Å²) in [4.78, 5) is 11.2. The fraction of sp³-hybridized carbons (Fsp3) is 0.222. The van der Waals surface area contributed by atoms with E-state index in [0.717, 1.165) is 11.3 Å². The van der Waals surface area contributed by atoms with Crippen molar-refractivity contribution >= 4 is 11.5 Å². The molecule has 1 heterocycles. The smallest absolute Gasteiger partial charge is 0.166 e. The molecule has 0 saturated heterocycles. The van der Waals surface area contributed by atoms with E-state index in [2.05, 4.69) is 5.32 Å². The number of hydrogen-bond donors (Lipinski definition) is 0. The second-order valence-corrected chi connectivity index (χ2v) is 2.57. The summed E-state index contributed by atoms with van der Waals surface area (Å²) in [6.45, 7) is 0.649. The lowest BCUT2D eigenvalue weighted by atomic mass is 10.0. The van der Waals surface area contributed by atoms with Crippen LogP contribution in [0.5, 0.6) is 0 Å². The Morgan fingerprint density at radius 2 is 2.09 bits per heavy atom. The van der Waals surface area contributed by atoms with E-state index < -0.39 is 0 Å². The fourth-order valence-corrected chi connectivity index (χ4v) is 1.26. The highest BCUT2D eigenvalue weighted by Gasteiger charge is 2.15. The van der Waals surface area contributed by atoms with Gasteiger partial charge in [-0.15, -0.1) is 0 Å². The first-order valence-electron chi connectivity index (χ1n) is 3.67. The van der Waals surface area contributed by atoms with E-state index in [1.807, 2.05) is 24.3 Å². The number of carbonyl (C=O) groups excluding carboxylic acids is 1. The number of benzene rings is 1. The van der Waals surface area contributed by atoms with Crippen LogP contribution < -0.4 is 5.32 Å². The van der Waals surface area contributed by atoms with Gasteiger partial charge in [-0.05, 0) is 12.1 Å². The van der Waals surface area contributed by atoms with Crippen molar-refractivity contribution < 1.29 is 4.79 Å². The Morgan fingerprint density at radius 1 is 1.27 bits per heavy atom. The molecule has 1 aliphatic heterocycles. The maximum absolute atomic E-state index is 11.2. The molecule has 0 saturated carbocycles. The van der Waals surface area contributed by atoms with Crippen molar-refractivity contribution in [2.24, 2.45) is 0 Å². The molecule has 1 radical (unpaired) electrons. The molecule has 1 aromatic carbocycles. The van der Waals surface area contributed by atoms with Crippen molar-refractivity contribution in [1.82, 2.24) is 5.32 Å². The molecule has 0 unspecified atom stereocenters. The number of para-hydroxylation sites is 1. The maximum atomic E-state index is 11.2. The molecule has 0 N–H and O–H groups in total. The van der Waals surface area contributed by atoms with Crippen LogP contribution in [0.25, 0.3) is 0 Å². The van der Waals surface area contributed by atoms with Crippen molar-refractivity contribution in [3.05, 3.63) is 29.8 Å². The molecule has 2 rings (SSSR count). The van der Waals surface area contributed by atoms with Crippen LogP contribution in [-0.2, 0) is 0 Å². The van der Waals surface area contributed by atoms with Crippen molar-refractivity contribution in [2.45, 2.75) is 6.42 Å². The first kappa shape index (κ1) is 6.40. The predicted octanol–water partition coefficient (Wildman–Crippen LogP) is 1.51. The molecule has 11 heavy (non-hydrogen) atoms. The summed E-state index contributed by atoms with van der Waals surface area (Å²) in [7, 11) is 0. The molecule has 0 atom stereocenters. The summed E-state index contributed by atoms with van der Waals surface area (Å²) < 4.78 is 0. The second-order valence-electron chi connectivity index (χ2n) is 2.57. The highest BCUT2D eigenvalue weighted by Crippen LogP contribution is 2.20. The van der Waals surface area contributed by atoms with E-state index in [-0.39, 0.29) is 5.78 Å². The lowest BCUT2D eigenvalue weighted by Gasteiger charge is -2.13. The number of Topliss-reactive ketones (excluding diaryl/α,β-unsaturated/α-hetero) is 1. The van der Waals surface area contributed by atoms with Crippen LogP contribution in [-0.4, -0.2) is 12.3 Å². The number of nitrogens with zero attached hydrogens (tertiary/aromatic N) is 1. The average Bonchev–Trinajstić information content (AvgIpc) is 2.06. The average molecular weight is 146 g/mol. The van der Waals surface area contributed by atoms with Gasteiger partial charge in [0, 0.05) is 18.5 Å². The van der Waals surface area contributed by atoms with Gasteiger partial charge in [-0.3, -0.25) is 10.1 Å². The lowest BCUT2D eigenvalue weighted by molar-refractivity contribution is 0.0978. The van der Waals surface area contributed by atoms with Crippen LogP contribution in [0, 0.1) is 0 Å². The number of ketones is 1. The minimum absolute atomic E-state index is 0.218. The van der Waals surface area contributed by atoms with E-state index in [4.69, 9.17) is 0 Å². The topological polar surface area (TPSA) is 31.2 Å². The minimum Gasteiger partial charge on any atom is -0.294 e. The van der Waals surface area contributed by atoms with Gasteiger partial charge in [0.25, 0.3) is 0 Å². The zero-order valence-electron chi connectivity index (χ0n) is 6.08. The number of carbonyl (C=O) groups is 1. The quantitative estimate of drug-likeness (QED) is 0.545. The van der Waals surface area contributed by atoms with E-state index in [1.165, 1.54) is 0 Å². The number of fused-ring (bicyclic) bond motifs is 1. The SMILES string of the molecule is O=C1CC[N]c2ccccc21. The summed E-state index contributed by atoms with van der Waals surface area (Å²) >= 11 is 0. The maximum Gasteiger partial charge on any atom is 0.166 e. The third-order valence-electron chi connectivity index (χ3n) is 1.83. The molecule has 2 heteroatoms. The van der Waals surface area contributed by atoms with E-state index in [1.54, 1.807) is 0 Å². The van der Waals surface area contributed by atoms with Crippen LogP contribution in [0.1, 0.15) is 16.8 Å². The first-order valence-corrected chi connectivity index (χ1v) is 3.67. The first-order chi connectivity index (χ1) is 5.38. The third-order valence-corrected chi connectivity index (χ3v) is 1.83. The Balaban J connectivity index is 2.52. The molecule has 0 spiro atoms. The van der Waals surface area contributed by atoms with Gasteiger partial charge in [-0.1, -0.05) is 12.1 Å². The van der Waals surface area contributed by atoms with Gasteiger partial charge in [0.15, 0.2) is 5.78 Å². The normalized spacial score (nSPS) is 15.5. The Hall–Kier alpha value is -1.31. The number of rotatable bonds is 0. The Labute approximate surface area is 65.2 Å². The Kier molecular flexibility index (Phi) is 1.39. The summed E-state index contributed by atoms with van der Waals surface area (Å²) in [6, 6.07) is 7.49. The van der Waals surface area contributed by atoms with Gasteiger partial charge in [-0.25, -0.2) is 0 Å².